The van der Waals surface area contributed by atoms with Crippen molar-refractivity contribution in [2.75, 3.05) is 39.3 Å². The molecule has 1 N–H and O–H groups in total. The third-order valence-corrected chi connectivity index (χ3v) is 4.04. The Morgan fingerprint density at radius 3 is 1.86 bits per heavy atom. The van der Waals surface area contributed by atoms with E-state index in [1.165, 1.54) is 0 Å². The van der Waals surface area contributed by atoms with Gasteiger partial charge in [-0.1, -0.05) is 0 Å². The Bertz CT molecular complexity index is 268. The number of piperazine rings is 1. The van der Waals surface area contributed by atoms with E-state index < -0.39 is 0 Å². The minimum atomic E-state index is 0. The van der Waals surface area contributed by atoms with E-state index in [4.69, 9.17) is 0 Å². The molecule has 0 atom stereocenters. The number of carbonyl (C=O) groups excluding carboxylic acids is 1. The van der Waals surface area contributed by atoms with Crippen LogP contribution in [0.15, 0.2) is 0 Å². The van der Waals surface area contributed by atoms with Crippen LogP contribution in [0, 0.1) is 5.92 Å². The summed E-state index contributed by atoms with van der Waals surface area (Å²) in [6.07, 6.45) is 2.03. The highest BCUT2D eigenvalue weighted by atomic mass is 35.5. The third kappa shape index (κ3) is 7.58. The van der Waals surface area contributed by atoms with Crippen LogP contribution in [0.3, 0.4) is 0 Å². The van der Waals surface area contributed by atoms with E-state index in [2.05, 4.69) is 29.0 Å². The molecule has 2 rings (SSSR count). The van der Waals surface area contributed by atoms with E-state index in [-0.39, 0.29) is 55.5 Å². The molecule has 21 heavy (non-hydrogen) atoms. The summed E-state index contributed by atoms with van der Waals surface area (Å²) in [6.45, 7) is 10.4. The third-order valence-electron chi connectivity index (χ3n) is 4.04. The SMILES string of the molecule is CC(C)N1CCN(C(=O)C2CCNCC2)CC1.Cl.Cl.Cl.Cl. The summed E-state index contributed by atoms with van der Waals surface area (Å²) in [5, 5.41) is 3.32. The summed E-state index contributed by atoms with van der Waals surface area (Å²) in [5.41, 5.74) is 0. The number of nitrogens with one attached hydrogen (secondary N) is 1. The Balaban J connectivity index is -0.000000810. The molecule has 2 saturated heterocycles. The first-order valence-corrected chi connectivity index (χ1v) is 6.92. The molecule has 0 bridgehead atoms. The lowest BCUT2D eigenvalue weighted by molar-refractivity contribution is -0.138. The second-order valence-corrected chi connectivity index (χ2v) is 5.48. The molecular weight excluding hydrogens is 356 g/mol. The smallest absolute Gasteiger partial charge is 0.225 e. The van der Waals surface area contributed by atoms with Crippen LogP contribution in [0.5, 0.6) is 0 Å². The van der Waals surface area contributed by atoms with Crippen LogP contribution in [0.1, 0.15) is 26.7 Å². The van der Waals surface area contributed by atoms with Gasteiger partial charge < -0.3 is 10.2 Å². The summed E-state index contributed by atoms with van der Waals surface area (Å²) in [4.78, 5) is 16.8. The van der Waals surface area contributed by atoms with E-state index in [1.54, 1.807) is 0 Å². The van der Waals surface area contributed by atoms with Gasteiger partial charge >= 0.3 is 0 Å². The van der Waals surface area contributed by atoms with Crippen molar-refractivity contribution in [2.24, 2.45) is 5.92 Å². The van der Waals surface area contributed by atoms with Gasteiger partial charge in [0.05, 0.1) is 0 Å². The zero-order valence-corrected chi connectivity index (χ0v) is 16.0. The number of piperidine rings is 1. The van der Waals surface area contributed by atoms with Crippen LogP contribution in [0.2, 0.25) is 0 Å². The van der Waals surface area contributed by atoms with Gasteiger partial charge in [-0.3, -0.25) is 9.69 Å². The van der Waals surface area contributed by atoms with Gasteiger partial charge in [-0.2, -0.15) is 0 Å². The molecular formula is C13H29Cl4N3O. The lowest BCUT2D eigenvalue weighted by Crippen LogP contribution is -2.52. The van der Waals surface area contributed by atoms with Gasteiger partial charge in [-0.05, 0) is 39.8 Å². The monoisotopic (exact) mass is 383 g/mol. The van der Waals surface area contributed by atoms with Crippen molar-refractivity contribution in [3.63, 3.8) is 0 Å². The molecule has 8 heteroatoms. The summed E-state index contributed by atoms with van der Waals surface area (Å²) in [7, 11) is 0. The van der Waals surface area contributed by atoms with Crippen LogP contribution in [-0.4, -0.2) is 61.0 Å². The van der Waals surface area contributed by atoms with Crippen molar-refractivity contribution in [3.8, 4) is 0 Å². The number of hydrogen-bond donors (Lipinski definition) is 1. The molecule has 2 heterocycles. The second kappa shape index (κ2) is 13.0. The molecule has 0 aromatic heterocycles. The standard InChI is InChI=1S/C13H25N3O.4ClH/c1-11(2)15-7-9-16(10-8-15)13(17)12-3-5-14-6-4-12;;;;/h11-12,14H,3-10H2,1-2H3;4*1H. The van der Waals surface area contributed by atoms with E-state index >= 15 is 0 Å². The Morgan fingerprint density at radius 1 is 0.952 bits per heavy atom. The molecule has 0 saturated carbocycles. The van der Waals surface area contributed by atoms with Crippen molar-refractivity contribution in [3.05, 3.63) is 0 Å². The van der Waals surface area contributed by atoms with E-state index in [9.17, 15) is 4.79 Å². The van der Waals surface area contributed by atoms with Gasteiger partial charge in [-0.25, -0.2) is 0 Å². The number of hydrogen-bond acceptors (Lipinski definition) is 3. The topological polar surface area (TPSA) is 35.6 Å². The predicted octanol–water partition coefficient (Wildman–Crippen LogP) is 2.23. The van der Waals surface area contributed by atoms with Gasteiger partial charge in [0.1, 0.15) is 0 Å². The average molecular weight is 385 g/mol. The van der Waals surface area contributed by atoms with Gasteiger partial charge in [0.25, 0.3) is 0 Å². The quantitative estimate of drug-likeness (QED) is 0.792. The van der Waals surface area contributed by atoms with Gasteiger partial charge in [0, 0.05) is 38.1 Å². The Kier molecular flexibility index (Phi) is 16.4. The summed E-state index contributed by atoms with van der Waals surface area (Å²) < 4.78 is 0. The predicted molar refractivity (Wildman–Crippen MR) is 97.9 cm³/mol. The highest BCUT2D eigenvalue weighted by molar-refractivity contribution is 5.86. The summed E-state index contributed by atoms with van der Waals surface area (Å²) in [5.74, 6) is 0.678. The lowest BCUT2D eigenvalue weighted by Gasteiger charge is -2.38. The molecule has 2 aliphatic heterocycles. The molecule has 0 spiro atoms. The fraction of sp³-hybridized carbons (Fsp3) is 0.923. The first-order chi connectivity index (χ1) is 8.18. The van der Waals surface area contributed by atoms with Crippen molar-refractivity contribution in [1.82, 2.24) is 15.1 Å². The van der Waals surface area contributed by atoms with Crippen molar-refractivity contribution >= 4 is 55.5 Å². The largest absolute Gasteiger partial charge is 0.340 e. The van der Waals surface area contributed by atoms with Gasteiger partial charge in [-0.15, -0.1) is 49.6 Å². The molecule has 4 nitrogen and oxygen atoms in total. The molecule has 0 aliphatic carbocycles. The Hall–Kier alpha value is 0.550. The molecule has 0 aromatic rings. The van der Waals surface area contributed by atoms with Crippen LogP contribution in [0.4, 0.5) is 0 Å². The van der Waals surface area contributed by atoms with Crippen LogP contribution < -0.4 is 5.32 Å². The number of halogens is 4. The van der Waals surface area contributed by atoms with Crippen LogP contribution in [0.25, 0.3) is 0 Å². The minimum absolute atomic E-state index is 0. The van der Waals surface area contributed by atoms with E-state index in [0.29, 0.717) is 11.9 Å². The van der Waals surface area contributed by atoms with E-state index in [0.717, 1.165) is 52.1 Å². The first-order valence-electron chi connectivity index (χ1n) is 6.92. The van der Waals surface area contributed by atoms with Crippen molar-refractivity contribution in [1.29, 1.82) is 0 Å². The Labute approximate surface area is 153 Å². The Morgan fingerprint density at radius 2 is 1.43 bits per heavy atom. The van der Waals surface area contributed by atoms with Crippen LogP contribution >= 0.6 is 49.6 Å². The zero-order valence-electron chi connectivity index (χ0n) is 12.7. The molecule has 0 unspecified atom stereocenters. The van der Waals surface area contributed by atoms with Gasteiger partial charge in [0.15, 0.2) is 0 Å². The maximum atomic E-state index is 12.3. The fourth-order valence-electron chi connectivity index (χ4n) is 2.79. The summed E-state index contributed by atoms with van der Waals surface area (Å²) in [6, 6.07) is 0.603. The highest BCUT2D eigenvalue weighted by Crippen LogP contribution is 2.17. The van der Waals surface area contributed by atoms with Crippen molar-refractivity contribution < 1.29 is 4.79 Å². The number of nitrogens with zero attached hydrogens (tertiary/aromatic N) is 2. The maximum absolute atomic E-state index is 12.3. The lowest BCUT2D eigenvalue weighted by atomic mass is 9.96. The second-order valence-electron chi connectivity index (χ2n) is 5.48. The number of rotatable bonds is 2. The molecule has 130 valence electrons. The molecule has 2 fully saturated rings. The maximum Gasteiger partial charge on any atom is 0.225 e. The highest BCUT2D eigenvalue weighted by Gasteiger charge is 2.28. The van der Waals surface area contributed by atoms with Crippen molar-refractivity contribution in [2.45, 2.75) is 32.7 Å². The average Bonchev–Trinajstić information content (AvgIpc) is 2.39. The number of amides is 1. The molecule has 2 aliphatic rings. The van der Waals surface area contributed by atoms with Gasteiger partial charge in [0.2, 0.25) is 5.91 Å². The minimum Gasteiger partial charge on any atom is -0.340 e. The normalized spacial score (nSPS) is 19.7. The summed E-state index contributed by atoms with van der Waals surface area (Å²) >= 11 is 0. The number of carbonyl (C=O) groups is 1. The zero-order chi connectivity index (χ0) is 12.3. The first kappa shape index (κ1) is 26.4. The molecule has 1 amide bonds. The fourth-order valence-corrected chi connectivity index (χ4v) is 2.79. The van der Waals surface area contributed by atoms with E-state index in [1.807, 2.05) is 0 Å². The van der Waals surface area contributed by atoms with Crippen LogP contribution in [-0.2, 0) is 4.79 Å². The molecule has 0 aromatic carbocycles. The molecule has 0 radical (unpaired) electrons.